The summed E-state index contributed by atoms with van der Waals surface area (Å²) < 4.78 is 52.9. The molecule has 0 aliphatic carbocycles. The van der Waals surface area contributed by atoms with Gasteiger partial charge >= 0.3 is 0 Å². The van der Waals surface area contributed by atoms with Gasteiger partial charge in [0.1, 0.15) is 0 Å². The van der Waals surface area contributed by atoms with E-state index in [0.717, 1.165) is 9.87 Å². The quantitative estimate of drug-likeness (QED) is 0.878. The molecule has 0 fully saturated rings. The molecular weight excluding hydrogens is 348 g/mol. The number of nitrogens with one attached hydrogen (secondary N) is 1. The van der Waals surface area contributed by atoms with Gasteiger partial charge in [-0.25, -0.2) is 21.1 Å². The first-order valence-electron chi connectivity index (χ1n) is 7.17. The molecule has 0 aliphatic rings. The number of hydrogen-bond acceptors (Lipinski definition) is 4. The Morgan fingerprint density at radius 3 is 2.17 bits per heavy atom. The zero-order valence-electron chi connectivity index (χ0n) is 13.9. The fourth-order valence-corrected chi connectivity index (χ4v) is 4.47. The molecule has 2 aromatic carbocycles. The molecule has 6 nitrogen and oxygen atoms in total. The molecule has 0 spiro atoms. The van der Waals surface area contributed by atoms with Crippen molar-refractivity contribution < 1.29 is 16.8 Å². The summed E-state index contributed by atoms with van der Waals surface area (Å²) in [6.07, 6.45) is 0. The van der Waals surface area contributed by atoms with E-state index in [0.29, 0.717) is 5.56 Å². The Hall–Kier alpha value is -1.90. The third kappa shape index (κ3) is 3.77. The lowest BCUT2D eigenvalue weighted by Crippen LogP contribution is -2.22. The summed E-state index contributed by atoms with van der Waals surface area (Å²) >= 11 is 0. The van der Waals surface area contributed by atoms with Crippen molar-refractivity contribution in [2.45, 2.75) is 23.6 Å². The SMILES string of the molecule is Cc1ccc(S(=O)(=O)Nc2cccc(S(=O)(=O)N(C)C)c2)c(C)c1. The molecule has 0 radical (unpaired) electrons. The highest BCUT2D eigenvalue weighted by atomic mass is 32.2. The lowest BCUT2D eigenvalue weighted by atomic mass is 10.2. The van der Waals surface area contributed by atoms with E-state index in [9.17, 15) is 16.8 Å². The van der Waals surface area contributed by atoms with Gasteiger partial charge in [-0.2, -0.15) is 0 Å². The second kappa shape index (κ2) is 6.54. The first-order valence-corrected chi connectivity index (χ1v) is 10.1. The number of aryl methyl sites for hydroxylation is 2. The number of anilines is 1. The van der Waals surface area contributed by atoms with Gasteiger partial charge in [-0.15, -0.1) is 0 Å². The maximum atomic E-state index is 12.6. The summed E-state index contributed by atoms with van der Waals surface area (Å²) in [7, 11) is -4.60. The van der Waals surface area contributed by atoms with Crippen molar-refractivity contribution in [1.82, 2.24) is 4.31 Å². The van der Waals surface area contributed by atoms with Crippen LogP contribution in [-0.4, -0.2) is 35.2 Å². The van der Waals surface area contributed by atoms with E-state index in [-0.39, 0.29) is 15.5 Å². The first kappa shape index (κ1) is 18.4. The van der Waals surface area contributed by atoms with Crippen LogP contribution in [0.5, 0.6) is 0 Å². The van der Waals surface area contributed by atoms with Crippen molar-refractivity contribution in [2.24, 2.45) is 0 Å². The van der Waals surface area contributed by atoms with E-state index >= 15 is 0 Å². The van der Waals surface area contributed by atoms with Gasteiger partial charge in [0, 0.05) is 14.1 Å². The van der Waals surface area contributed by atoms with Crippen LogP contribution in [0.3, 0.4) is 0 Å². The Morgan fingerprint density at radius 1 is 0.917 bits per heavy atom. The normalized spacial score (nSPS) is 12.4. The predicted octanol–water partition coefficient (Wildman–Crippen LogP) is 2.35. The minimum Gasteiger partial charge on any atom is -0.280 e. The Kier molecular flexibility index (Phi) is 5.03. The molecule has 130 valence electrons. The van der Waals surface area contributed by atoms with Crippen molar-refractivity contribution in [3.05, 3.63) is 53.6 Å². The van der Waals surface area contributed by atoms with E-state index in [1.807, 2.05) is 6.92 Å². The molecule has 24 heavy (non-hydrogen) atoms. The Balaban J connectivity index is 2.41. The second-order valence-corrected chi connectivity index (χ2v) is 9.49. The molecule has 0 heterocycles. The fourth-order valence-electron chi connectivity index (χ4n) is 2.24. The van der Waals surface area contributed by atoms with Crippen molar-refractivity contribution in [2.75, 3.05) is 18.8 Å². The molecule has 0 saturated heterocycles. The minimum atomic E-state index is -3.80. The molecule has 8 heteroatoms. The summed E-state index contributed by atoms with van der Waals surface area (Å²) in [6, 6.07) is 10.8. The van der Waals surface area contributed by atoms with Gasteiger partial charge in [-0.05, 0) is 43.7 Å². The topological polar surface area (TPSA) is 83.5 Å². The summed E-state index contributed by atoms with van der Waals surface area (Å²) in [6.45, 7) is 3.60. The van der Waals surface area contributed by atoms with Crippen molar-refractivity contribution in [1.29, 1.82) is 0 Å². The van der Waals surface area contributed by atoms with Crippen LogP contribution in [0.1, 0.15) is 11.1 Å². The highest BCUT2D eigenvalue weighted by Gasteiger charge is 2.20. The van der Waals surface area contributed by atoms with Crippen LogP contribution >= 0.6 is 0 Å². The molecule has 1 N–H and O–H groups in total. The molecule has 0 unspecified atom stereocenters. The summed E-state index contributed by atoms with van der Waals surface area (Å²) in [4.78, 5) is 0.183. The van der Waals surface area contributed by atoms with Crippen LogP contribution < -0.4 is 4.72 Å². The van der Waals surface area contributed by atoms with Crippen LogP contribution in [0.15, 0.2) is 52.3 Å². The number of rotatable bonds is 5. The molecule has 0 aliphatic heterocycles. The zero-order chi connectivity index (χ0) is 18.1. The van der Waals surface area contributed by atoms with Crippen LogP contribution in [0.25, 0.3) is 0 Å². The monoisotopic (exact) mass is 368 g/mol. The number of benzene rings is 2. The molecule has 2 aromatic rings. The highest BCUT2D eigenvalue weighted by Crippen LogP contribution is 2.23. The van der Waals surface area contributed by atoms with Gasteiger partial charge in [-0.1, -0.05) is 23.8 Å². The molecular formula is C16H20N2O4S2. The van der Waals surface area contributed by atoms with Gasteiger partial charge < -0.3 is 0 Å². The average Bonchev–Trinajstić information content (AvgIpc) is 2.46. The first-order chi connectivity index (χ1) is 11.0. The Bertz CT molecular complexity index is 965. The van der Waals surface area contributed by atoms with E-state index in [1.54, 1.807) is 19.1 Å². The highest BCUT2D eigenvalue weighted by molar-refractivity contribution is 7.92. The van der Waals surface area contributed by atoms with Crippen molar-refractivity contribution in [3.63, 3.8) is 0 Å². The summed E-state index contributed by atoms with van der Waals surface area (Å²) in [5, 5.41) is 0. The van der Waals surface area contributed by atoms with Crippen LogP contribution in [0.2, 0.25) is 0 Å². The molecule has 0 amide bonds. The standard InChI is InChI=1S/C16H20N2O4S2/c1-12-8-9-16(13(2)10-12)23(19,20)17-14-6-5-7-15(11-14)24(21,22)18(3)4/h5-11,17H,1-4H3. The summed E-state index contributed by atoms with van der Waals surface area (Å²) in [5.74, 6) is 0. The van der Waals surface area contributed by atoms with E-state index < -0.39 is 20.0 Å². The number of sulfonamides is 2. The third-order valence-electron chi connectivity index (χ3n) is 3.48. The Labute approximate surface area is 143 Å². The van der Waals surface area contributed by atoms with Crippen LogP contribution in [0, 0.1) is 13.8 Å². The van der Waals surface area contributed by atoms with Crippen LogP contribution in [-0.2, 0) is 20.0 Å². The lowest BCUT2D eigenvalue weighted by Gasteiger charge is -2.14. The van der Waals surface area contributed by atoms with Gasteiger partial charge in [0.2, 0.25) is 10.0 Å². The van der Waals surface area contributed by atoms with Crippen molar-refractivity contribution >= 4 is 25.7 Å². The van der Waals surface area contributed by atoms with Crippen molar-refractivity contribution in [3.8, 4) is 0 Å². The predicted molar refractivity (Wildman–Crippen MR) is 94.0 cm³/mol. The average molecular weight is 368 g/mol. The largest absolute Gasteiger partial charge is 0.280 e. The van der Waals surface area contributed by atoms with Crippen LogP contribution in [0.4, 0.5) is 5.69 Å². The fraction of sp³-hybridized carbons (Fsp3) is 0.250. The second-order valence-electron chi connectivity index (χ2n) is 5.69. The number of hydrogen-bond donors (Lipinski definition) is 1. The van der Waals surface area contributed by atoms with E-state index in [1.165, 1.54) is 44.4 Å². The maximum Gasteiger partial charge on any atom is 0.262 e. The lowest BCUT2D eigenvalue weighted by molar-refractivity contribution is 0.520. The maximum absolute atomic E-state index is 12.6. The molecule has 0 aromatic heterocycles. The van der Waals surface area contributed by atoms with Gasteiger partial charge in [0.15, 0.2) is 0 Å². The molecule has 0 atom stereocenters. The summed E-state index contributed by atoms with van der Waals surface area (Å²) in [5.41, 5.74) is 1.78. The molecule has 0 bridgehead atoms. The van der Waals surface area contributed by atoms with Gasteiger partial charge in [0.05, 0.1) is 15.5 Å². The molecule has 2 rings (SSSR count). The Morgan fingerprint density at radius 2 is 1.58 bits per heavy atom. The number of nitrogens with zero attached hydrogens (tertiary/aromatic N) is 1. The zero-order valence-corrected chi connectivity index (χ0v) is 15.6. The van der Waals surface area contributed by atoms with E-state index in [4.69, 9.17) is 0 Å². The third-order valence-corrected chi connectivity index (χ3v) is 6.84. The molecule has 0 saturated carbocycles. The minimum absolute atomic E-state index is 0.0216. The van der Waals surface area contributed by atoms with Gasteiger partial charge in [0.25, 0.3) is 10.0 Å². The van der Waals surface area contributed by atoms with E-state index in [2.05, 4.69) is 4.72 Å². The van der Waals surface area contributed by atoms with Gasteiger partial charge in [-0.3, -0.25) is 4.72 Å². The smallest absolute Gasteiger partial charge is 0.262 e.